The first kappa shape index (κ1) is 43.0. The van der Waals surface area contributed by atoms with Gasteiger partial charge in [-0.3, -0.25) is 4.79 Å². The summed E-state index contributed by atoms with van der Waals surface area (Å²) in [5.74, 6) is -4.90. The van der Waals surface area contributed by atoms with E-state index >= 15 is 0 Å². The lowest BCUT2D eigenvalue weighted by atomic mass is 9.46. The van der Waals surface area contributed by atoms with Gasteiger partial charge in [0.1, 0.15) is 23.9 Å². The van der Waals surface area contributed by atoms with E-state index in [2.05, 4.69) is 12.2 Å². The molecule has 6 bridgehead atoms. The van der Waals surface area contributed by atoms with Crippen LogP contribution in [0, 0.1) is 23.7 Å². The fourth-order valence-electron chi connectivity index (χ4n) is 12.2. The molecule has 5 aliphatic heterocycles. The van der Waals surface area contributed by atoms with Gasteiger partial charge in [0.25, 0.3) is 5.79 Å². The van der Waals surface area contributed by atoms with Crippen molar-refractivity contribution < 1.29 is 58.8 Å². The highest BCUT2D eigenvalue weighted by Crippen LogP contribution is 2.68. The topological polar surface area (TPSA) is 201 Å². The molecule has 13 nitrogen and oxygen atoms in total. The van der Waals surface area contributed by atoms with Gasteiger partial charge in [0.2, 0.25) is 5.75 Å². The van der Waals surface area contributed by atoms with Crippen LogP contribution in [0.2, 0.25) is 0 Å². The molecule has 6 heterocycles. The van der Waals surface area contributed by atoms with Gasteiger partial charge < -0.3 is 59.3 Å². The molecule has 330 valence electrons. The minimum Gasteiger partial charge on any atom is -0.485 e. The maximum atomic E-state index is 13.7. The van der Waals surface area contributed by atoms with Crippen molar-refractivity contribution in [1.29, 1.82) is 0 Å². The van der Waals surface area contributed by atoms with Crippen LogP contribution in [0.15, 0.2) is 47.1 Å². The van der Waals surface area contributed by atoms with Crippen molar-refractivity contribution in [2.24, 2.45) is 23.7 Å². The van der Waals surface area contributed by atoms with E-state index in [-0.39, 0.29) is 61.2 Å². The second-order valence-electron chi connectivity index (χ2n) is 18.5. The molecule has 1 aromatic carbocycles. The van der Waals surface area contributed by atoms with Gasteiger partial charge >= 0.3 is 5.97 Å². The highest BCUT2D eigenvalue weighted by molar-refractivity contribution is 8.77. The number of benzene rings is 1. The molecular weight excluding hydrogens is 811 g/mol. The van der Waals surface area contributed by atoms with Gasteiger partial charge in [-0.25, -0.2) is 0 Å². The Labute approximate surface area is 359 Å². The number of hydrogen-bond donors (Lipinski definition) is 7. The molecule has 3 spiro atoms. The summed E-state index contributed by atoms with van der Waals surface area (Å²) in [5, 5.41) is 79.3. The van der Waals surface area contributed by atoms with Crippen molar-refractivity contribution in [1.82, 2.24) is 5.32 Å². The number of carbonyl (C=O) groups excluding carboxylic acids is 1. The molecule has 3 aliphatic carbocycles. The lowest BCUT2D eigenvalue weighted by molar-refractivity contribution is -0.457. The lowest BCUT2D eigenvalue weighted by Gasteiger charge is -2.72. The highest BCUT2D eigenvalue weighted by Gasteiger charge is 2.84. The standard InChI is InChI=1S/C45H61NO12S2/c1-3-54-35(50)14-11-27-23-28-16-21-55-37(28)39-38(27)57-43-19-15-34-45(58-43,42(52)24-29-10-12-31(48)30(25-47)36(29)44(43,53)40(42)51)33(49)8-6-7-26(2)9-13-32(46-20-22-56-39)41(60-59-34)17-4-5-18-41/h10,12,15-16,19,21,23,26,29-34,36,40,46-49,51-53H,3-9,11,13-14,17-18,20,22,24-25H2,1-2H3/t26-,29-,30+,31-,32+,33+,34+,36-,40-,42-,43+,44+,45-/m0/s1. The number of aryl methyl sites for hydroxylation is 1. The summed E-state index contributed by atoms with van der Waals surface area (Å²) in [7, 11) is 3.31. The zero-order valence-electron chi connectivity index (χ0n) is 34.5. The van der Waals surface area contributed by atoms with Crippen LogP contribution < -0.4 is 14.8 Å². The number of allylic oxidation sites excluding steroid dienone is 1. The number of nitrogens with one attached hydrogen (secondary N) is 1. The van der Waals surface area contributed by atoms with Crippen LogP contribution in [-0.2, 0) is 20.7 Å². The molecule has 0 unspecified atom stereocenters. The van der Waals surface area contributed by atoms with Gasteiger partial charge in [0.05, 0.1) is 30.3 Å². The van der Waals surface area contributed by atoms with Crippen molar-refractivity contribution >= 4 is 38.5 Å². The second-order valence-corrected chi connectivity index (χ2v) is 21.2. The van der Waals surface area contributed by atoms with E-state index in [0.717, 1.165) is 44.9 Å². The third kappa shape index (κ3) is 6.53. The van der Waals surface area contributed by atoms with E-state index in [1.165, 1.54) is 6.26 Å². The van der Waals surface area contributed by atoms with Crippen LogP contribution in [0.3, 0.4) is 0 Å². The number of ether oxygens (including phenoxy) is 4. The quantitative estimate of drug-likeness (QED) is 0.124. The van der Waals surface area contributed by atoms with Crippen molar-refractivity contribution in [2.45, 2.75) is 148 Å². The van der Waals surface area contributed by atoms with Crippen molar-refractivity contribution in [3.8, 4) is 11.5 Å². The predicted octanol–water partition coefficient (Wildman–Crippen LogP) is 4.72. The highest BCUT2D eigenvalue weighted by atomic mass is 33.1. The van der Waals surface area contributed by atoms with Crippen LogP contribution in [-0.4, -0.2) is 120 Å². The second kappa shape index (κ2) is 16.4. The average molecular weight is 872 g/mol. The summed E-state index contributed by atoms with van der Waals surface area (Å²) >= 11 is 0. The molecule has 2 saturated heterocycles. The van der Waals surface area contributed by atoms with Crippen LogP contribution in [0.1, 0.15) is 90.0 Å². The summed E-state index contributed by atoms with van der Waals surface area (Å²) in [6, 6.07) is 3.74. The first-order valence-electron chi connectivity index (χ1n) is 22.1. The first-order valence-corrected chi connectivity index (χ1v) is 24.3. The Morgan fingerprint density at radius 2 is 1.85 bits per heavy atom. The third-order valence-electron chi connectivity index (χ3n) is 15.2. The fourth-order valence-corrected chi connectivity index (χ4v) is 16.3. The molecular formula is C45H61NO12S2. The van der Waals surface area contributed by atoms with Crippen LogP contribution in [0.25, 0.3) is 11.0 Å². The van der Waals surface area contributed by atoms with Gasteiger partial charge in [-0.2, -0.15) is 0 Å². The molecule has 2 aromatic rings. The van der Waals surface area contributed by atoms with Crippen LogP contribution in [0.5, 0.6) is 11.5 Å². The lowest BCUT2D eigenvalue weighted by Crippen LogP contribution is -2.91. The monoisotopic (exact) mass is 871 g/mol. The van der Waals surface area contributed by atoms with E-state index in [9.17, 15) is 35.4 Å². The van der Waals surface area contributed by atoms with E-state index in [4.69, 9.17) is 23.4 Å². The molecule has 2 saturated carbocycles. The number of furan rings is 1. The SMILES string of the molecule is CCOC(=O)CCc1cc2ccoc2c2c1O[C@]13C=C[C@H]4SSC5(CCCC5)[C@@H](CC[C@@H](C)CCC[C@@H](O)[C@@]4(O1)[C@]1(O)C[C@@H]4C=C[C@H](O)[C@@H](CO)[C@H]4[C@@]3(O)[C@H]1O)NCCO2. The zero-order chi connectivity index (χ0) is 42.1. The molecule has 0 radical (unpaired) electrons. The Bertz CT molecular complexity index is 1970. The molecule has 13 atom stereocenters. The maximum Gasteiger partial charge on any atom is 0.306 e. The summed E-state index contributed by atoms with van der Waals surface area (Å²) in [6.07, 6.45) is 11.5. The minimum absolute atomic E-state index is 0.0139. The number of aliphatic hydroxyl groups is 6. The number of rotatable bonds is 5. The van der Waals surface area contributed by atoms with Crippen molar-refractivity contribution in [3.63, 3.8) is 0 Å². The zero-order valence-corrected chi connectivity index (χ0v) is 36.1. The summed E-state index contributed by atoms with van der Waals surface area (Å²) < 4.78 is 32.6. The number of esters is 1. The Morgan fingerprint density at radius 3 is 2.63 bits per heavy atom. The number of hydrogen-bond acceptors (Lipinski definition) is 15. The van der Waals surface area contributed by atoms with Gasteiger partial charge in [0.15, 0.2) is 16.9 Å². The Morgan fingerprint density at radius 1 is 1.03 bits per heavy atom. The van der Waals surface area contributed by atoms with Gasteiger partial charge in [-0.15, -0.1) is 0 Å². The van der Waals surface area contributed by atoms with E-state index < -0.39 is 76.5 Å². The minimum atomic E-state index is -2.54. The predicted molar refractivity (Wildman–Crippen MR) is 226 cm³/mol. The molecule has 4 fully saturated rings. The van der Waals surface area contributed by atoms with E-state index in [1.54, 1.807) is 52.8 Å². The number of aliphatic hydroxyl groups excluding tert-OH is 4. The van der Waals surface area contributed by atoms with Gasteiger partial charge in [-0.05, 0) is 87.5 Å². The van der Waals surface area contributed by atoms with Crippen molar-refractivity contribution in [2.75, 3.05) is 26.4 Å². The van der Waals surface area contributed by atoms with Gasteiger partial charge in [0, 0.05) is 47.6 Å². The van der Waals surface area contributed by atoms with E-state index in [1.807, 2.05) is 12.1 Å². The summed E-state index contributed by atoms with van der Waals surface area (Å²) in [5.41, 5.74) is -5.85. The Kier molecular flexibility index (Phi) is 11.7. The maximum absolute atomic E-state index is 13.7. The molecule has 8 aliphatic rings. The smallest absolute Gasteiger partial charge is 0.306 e. The first-order chi connectivity index (χ1) is 28.9. The molecule has 60 heavy (non-hydrogen) atoms. The summed E-state index contributed by atoms with van der Waals surface area (Å²) in [6.45, 7) is 4.36. The van der Waals surface area contributed by atoms with Gasteiger partial charge in [-0.1, -0.05) is 72.4 Å². The average Bonchev–Trinajstić information content (AvgIpc) is 3.91. The van der Waals surface area contributed by atoms with Crippen molar-refractivity contribution in [3.05, 3.63) is 48.3 Å². The largest absolute Gasteiger partial charge is 0.485 e. The normalized spacial score (nSPS) is 42.3. The molecule has 7 N–H and O–H groups in total. The Hall–Kier alpha value is -2.31. The van der Waals surface area contributed by atoms with E-state index in [0.29, 0.717) is 35.4 Å². The molecule has 1 aromatic heterocycles. The summed E-state index contributed by atoms with van der Waals surface area (Å²) in [4.78, 5) is 12.9. The molecule has 0 amide bonds. The number of carbonyl (C=O) groups is 1. The molecule has 10 rings (SSSR count). The van der Waals surface area contributed by atoms with Crippen LogP contribution >= 0.6 is 21.6 Å². The fraction of sp³-hybridized carbons (Fsp3) is 0.711. The number of fused-ring (bicyclic) bond motifs is 8. The third-order valence-corrected chi connectivity index (χ3v) is 18.9. The van der Waals surface area contributed by atoms with Crippen LogP contribution in [0.4, 0.5) is 0 Å². The molecule has 15 heteroatoms. The Balaban J connectivity index is 1.31.